The second-order valence-corrected chi connectivity index (χ2v) is 3.50. The zero-order chi connectivity index (χ0) is 12.1. The zero-order valence-electron chi connectivity index (χ0n) is 9.05. The Hall–Kier alpha value is -1.34. The smallest absolute Gasteiger partial charge is 0.325 e. The molecule has 1 rings (SSSR count). The minimum absolute atomic E-state index is 0.0653. The van der Waals surface area contributed by atoms with E-state index in [1.807, 2.05) is 0 Å². The Kier molecular flexibility index (Phi) is 4.51. The number of carbonyl (C=O) groups is 2. The van der Waals surface area contributed by atoms with E-state index in [1.165, 1.54) is 4.90 Å². The molecule has 1 fully saturated rings. The number of urea groups is 1. The van der Waals surface area contributed by atoms with Crippen molar-refractivity contribution >= 4 is 12.0 Å². The molecule has 1 heterocycles. The Morgan fingerprint density at radius 2 is 1.94 bits per heavy atom. The number of nitrogens with zero attached hydrogens (tertiary/aromatic N) is 1. The number of hydrogen-bond donors (Lipinski definition) is 3. The number of ether oxygens (including phenoxy) is 1. The maximum Gasteiger partial charge on any atom is 0.325 e. The largest absolute Gasteiger partial charge is 0.465 e. The van der Waals surface area contributed by atoms with Crippen molar-refractivity contribution in [1.29, 1.82) is 0 Å². The molecule has 0 radical (unpaired) electrons. The third-order valence-corrected chi connectivity index (χ3v) is 2.24. The third-order valence-electron chi connectivity index (χ3n) is 2.24. The quantitative estimate of drug-likeness (QED) is 0.503. The van der Waals surface area contributed by atoms with Gasteiger partial charge in [-0.25, -0.2) is 4.79 Å². The van der Waals surface area contributed by atoms with E-state index >= 15 is 0 Å². The van der Waals surface area contributed by atoms with Crippen molar-refractivity contribution in [3.63, 3.8) is 0 Å². The average molecular weight is 232 g/mol. The molecule has 0 aromatic rings. The number of aliphatic hydroxyl groups is 2. The summed E-state index contributed by atoms with van der Waals surface area (Å²) in [6.45, 7) is 1.85. The molecular weight excluding hydrogens is 216 g/mol. The molecule has 1 aliphatic heterocycles. The number of carbonyl (C=O) groups excluding carboxylic acids is 2. The monoisotopic (exact) mass is 232 g/mol. The van der Waals surface area contributed by atoms with E-state index in [1.54, 1.807) is 6.92 Å². The molecule has 0 aromatic carbocycles. The molecular formula is C9H16N2O5. The molecule has 0 bridgehead atoms. The summed E-state index contributed by atoms with van der Waals surface area (Å²) in [6, 6.07) is -0.497. The summed E-state index contributed by atoms with van der Waals surface area (Å²) in [5.74, 6) is -0.517. The second-order valence-electron chi connectivity index (χ2n) is 3.50. The van der Waals surface area contributed by atoms with Gasteiger partial charge in [-0.1, -0.05) is 0 Å². The normalized spacial score (nSPS) is 24.3. The fourth-order valence-corrected chi connectivity index (χ4v) is 1.41. The van der Waals surface area contributed by atoms with E-state index in [0.717, 1.165) is 0 Å². The minimum atomic E-state index is -0.923. The number of aliphatic hydroxyl groups excluding tert-OH is 2. The number of amides is 2. The summed E-state index contributed by atoms with van der Waals surface area (Å²) < 4.78 is 4.63. The first kappa shape index (κ1) is 12.7. The standard InChI is InChI=1S/C9H16N2O5/c1-2-16-8(14)3-10-9(15)11-4-6(12)7(13)5-11/h6-7,12-13H,2-5H2,1H3,(H,10,15). The molecule has 2 atom stereocenters. The summed E-state index contributed by atoms with van der Waals surface area (Å²) >= 11 is 0. The third kappa shape index (κ3) is 3.35. The summed E-state index contributed by atoms with van der Waals surface area (Å²) in [6.07, 6.45) is -1.85. The first-order valence-corrected chi connectivity index (χ1v) is 5.09. The van der Waals surface area contributed by atoms with Crippen LogP contribution < -0.4 is 5.32 Å². The van der Waals surface area contributed by atoms with Gasteiger partial charge in [0.15, 0.2) is 0 Å². The van der Waals surface area contributed by atoms with Gasteiger partial charge in [-0.05, 0) is 6.92 Å². The lowest BCUT2D eigenvalue weighted by molar-refractivity contribution is -0.141. The highest BCUT2D eigenvalue weighted by molar-refractivity contribution is 5.81. The molecule has 2 amide bonds. The van der Waals surface area contributed by atoms with Crippen LogP contribution in [0.15, 0.2) is 0 Å². The molecule has 2 unspecified atom stereocenters. The molecule has 0 saturated carbocycles. The molecule has 7 heteroatoms. The Balaban J connectivity index is 2.28. The molecule has 7 nitrogen and oxygen atoms in total. The number of esters is 1. The fraction of sp³-hybridized carbons (Fsp3) is 0.778. The van der Waals surface area contributed by atoms with Crippen molar-refractivity contribution in [3.05, 3.63) is 0 Å². The van der Waals surface area contributed by atoms with Gasteiger partial charge in [0.2, 0.25) is 0 Å². The maximum atomic E-state index is 11.4. The van der Waals surface area contributed by atoms with Gasteiger partial charge < -0.3 is 25.2 Å². The van der Waals surface area contributed by atoms with Crippen LogP contribution in [0.25, 0.3) is 0 Å². The number of nitrogens with one attached hydrogen (secondary N) is 1. The van der Waals surface area contributed by atoms with Crippen LogP contribution >= 0.6 is 0 Å². The van der Waals surface area contributed by atoms with Crippen molar-refractivity contribution in [3.8, 4) is 0 Å². The van der Waals surface area contributed by atoms with Gasteiger partial charge in [0.25, 0.3) is 0 Å². The lowest BCUT2D eigenvalue weighted by Gasteiger charge is -2.15. The minimum Gasteiger partial charge on any atom is -0.465 e. The Labute approximate surface area is 93.0 Å². The fourth-order valence-electron chi connectivity index (χ4n) is 1.41. The number of likely N-dealkylation sites (tertiary alicyclic amines) is 1. The molecule has 1 aliphatic rings. The van der Waals surface area contributed by atoms with E-state index in [0.29, 0.717) is 0 Å². The highest BCUT2D eigenvalue weighted by Crippen LogP contribution is 2.09. The highest BCUT2D eigenvalue weighted by atomic mass is 16.5. The molecule has 92 valence electrons. The second kappa shape index (κ2) is 5.66. The van der Waals surface area contributed by atoms with Gasteiger partial charge in [-0.2, -0.15) is 0 Å². The SMILES string of the molecule is CCOC(=O)CNC(=O)N1CC(O)C(O)C1. The summed E-state index contributed by atoms with van der Waals surface area (Å²) in [5, 5.41) is 20.8. The van der Waals surface area contributed by atoms with Gasteiger partial charge in [-0.15, -0.1) is 0 Å². The molecule has 1 saturated heterocycles. The van der Waals surface area contributed by atoms with E-state index in [2.05, 4.69) is 10.1 Å². The Morgan fingerprint density at radius 3 is 2.44 bits per heavy atom. The average Bonchev–Trinajstić information content (AvgIpc) is 2.56. The van der Waals surface area contributed by atoms with Crippen LogP contribution in [0.3, 0.4) is 0 Å². The predicted molar refractivity (Wildman–Crippen MR) is 53.6 cm³/mol. The summed E-state index contributed by atoms with van der Waals surface area (Å²) in [7, 11) is 0. The van der Waals surface area contributed by atoms with E-state index in [4.69, 9.17) is 0 Å². The lowest BCUT2D eigenvalue weighted by atomic mass is 10.3. The first-order chi connectivity index (χ1) is 7.54. The van der Waals surface area contributed by atoms with Crippen LogP contribution in [-0.2, 0) is 9.53 Å². The Morgan fingerprint density at radius 1 is 1.38 bits per heavy atom. The van der Waals surface area contributed by atoms with E-state index in [9.17, 15) is 19.8 Å². The van der Waals surface area contributed by atoms with Gasteiger partial charge in [0.05, 0.1) is 31.9 Å². The number of rotatable bonds is 3. The molecule has 3 N–H and O–H groups in total. The molecule has 16 heavy (non-hydrogen) atoms. The van der Waals surface area contributed by atoms with Gasteiger partial charge in [0.1, 0.15) is 6.54 Å². The molecule has 0 aromatic heterocycles. The van der Waals surface area contributed by atoms with Crippen molar-refractivity contribution < 1.29 is 24.5 Å². The molecule has 0 spiro atoms. The lowest BCUT2D eigenvalue weighted by Crippen LogP contribution is -2.41. The topological polar surface area (TPSA) is 99.1 Å². The summed E-state index contributed by atoms with van der Waals surface area (Å²) in [4.78, 5) is 23.6. The van der Waals surface area contributed by atoms with Crippen LogP contribution in [0.5, 0.6) is 0 Å². The number of hydrogen-bond acceptors (Lipinski definition) is 5. The number of β-amino-alcohol motifs (C(OH)–C–C–N with tert-alkyl or cyclic N) is 2. The van der Waals surface area contributed by atoms with Gasteiger partial charge >= 0.3 is 12.0 Å². The van der Waals surface area contributed by atoms with Gasteiger partial charge in [-0.3, -0.25) is 4.79 Å². The van der Waals surface area contributed by atoms with Crippen LogP contribution in [-0.4, -0.2) is 65.6 Å². The van der Waals surface area contributed by atoms with E-state index in [-0.39, 0.29) is 26.2 Å². The van der Waals surface area contributed by atoms with Crippen LogP contribution in [0.1, 0.15) is 6.92 Å². The van der Waals surface area contributed by atoms with Gasteiger partial charge in [0, 0.05) is 0 Å². The van der Waals surface area contributed by atoms with Crippen molar-refractivity contribution in [2.24, 2.45) is 0 Å². The van der Waals surface area contributed by atoms with E-state index < -0.39 is 24.2 Å². The van der Waals surface area contributed by atoms with Crippen LogP contribution in [0.4, 0.5) is 4.79 Å². The summed E-state index contributed by atoms with van der Waals surface area (Å²) in [5.41, 5.74) is 0. The van der Waals surface area contributed by atoms with Crippen molar-refractivity contribution in [2.45, 2.75) is 19.1 Å². The first-order valence-electron chi connectivity index (χ1n) is 5.09. The molecule has 0 aliphatic carbocycles. The van der Waals surface area contributed by atoms with Crippen LogP contribution in [0.2, 0.25) is 0 Å². The zero-order valence-corrected chi connectivity index (χ0v) is 9.05. The highest BCUT2D eigenvalue weighted by Gasteiger charge is 2.32. The van der Waals surface area contributed by atoms with Crippen molar-refractivity contribution in [2.75, 3.05) is 26.2 Å². The van der Waals surface area contributed by atoms with Crippen LogP contribution in [0, 0.1) is 0 Å². The van der Waals surface area contributed by atoms with Crippen molar-refractivity contribution in [1.82, 2.24) is 10.2 Å². The Bertz CT molecular complexity index is 261. The predicted octanol–water partition coefficient (Wildman–Crippen LogP) is -1.70. The maximum absolute atomic E-state index is 11.4.